The number of rotatable bonds is 5. The van der Waals surface area contributed by atoms with Gasteiger partial charge in [0.15, 0.2) is 5.82 Å². The quantitative estimate of drug-likeness (QED) is 0.546. The van der Waals surface area contributed by atoms with Gasteiger partial charge in [0.1, 0.15) is 11.3 Å². The maximum Gasteiger partial charge on any atom is 0.227 e. The van der Waals surface area contributed by atoms with Crippen LogP contribution in [0, 0.1) is 0 Å². The van der Waals surface area contributed by atoms with Crippen molar-refractivity contribution in [2.45, 2.75) is 75.8 Å². The minimum Gasteiger partial charge on any atom is -0.376 e. The lowest BCUT2D eigenvalue weighted by Gasteiger charge is -2.32. The number of anilines is 1. The number of H-pyrrole nitrogens is 1. The van der Waals surface area contributed by atoms with E-state index in [1.807, 2.05) is 11.8 Å². The Morgan fingerprint density at radius 1 is 1.21 bits per heavy atom. The lowest BCUT2D eigenvalue weighted by Crippen LogP contribution is -2.34. The van der Waals surface area contributed by atoms with Crippen molar-refractivity contribution in [3.63, 3.8) is 0 Å². The molecule has 0 spiro atoms. The number of nitrogens with zero attached hydrogens (tertiary/aromatic N) is 5. The number of fused-ring (bicyclic) bond motifs is 2. The van der Waals surface area contributed by atoms with Crippen molar-refractivity contribution < 1.29 is 9.47 Å². The second-order valence-electron chi connectivity index (χ2n) is 9.92. The predicted molar refractivity (Wildman–Crippen MR) is 132 cm³/mol. The molecule has 3 aliphatic heterocycles. The van der Waals surface area contributed by atoms with Crippen molar-refractivity contribution in [3.05, 3.63) is 40.6 Å². The molecule has 0 amide bonds. The third-order valence-corrected chi connectivity index (χ3v) is 8.20. The Morgan fingerprint density at radius 3 is 2.94 bits per heavy atom. The standard InChI is InChI=1S/C25H32N6O2S/c1-25(2)22-19(15-33-25)21(26-27-22)23-28-29-24(31(23)13-17-8-4-5-12-32-17)30-11-10-16-7-6-9-20(34-3)18(16)14-30/h6-7,9,17H,4-5,8,10-15H2,1-3H3,(H,26,27). The summed E-state index contributed by atoms with van der Waals surface area (Å²) < 4.78 is 14.4. The minimum atomic E-state index is -0.369. The number of aromatic nitrogens is 5. The van der Waals surface area contributed by atoms with E-state index in [1.54, 1.807) is 0 Å². The van der Waals surface area contributed by atoms with Crippen LogP contribution in [-0.2, 0) is 41.2 Å². The van der Waals surface area contributed by atoms with Gasteiger partial charge >= 0.3 is 0 Å². The molecule has 2 aromatic heterocycles. The number of ether oxygens (including phenoxy) is 2. The molecule has 34 heavy (non-hydrogen) atoms. The summed E-state index contributed by atoms with van der Waals surface area (Å²) in [5.41, 5.74) is 5.44. The zero-order valence-corrected chi connectivity index (χ0v) is 21.0. The Labute approximate surface area is 204 Å². The van der Waals surface area contributed by atoms with Crippen LogP contribution in [0.2, 0.25) is 0 Å². The van der Waals surface area contributed by atoms with Crippen LogP contribution >= 0.6 is 11.8 Å². The summed E-state index contributed by atoms with van der Waals surface area (Å²) in [6.45, 7) is 7.99. The van der Waals surface area contributed by atoms with Crippen LogP contribution in [0.3, 0.4) is 0 Å². The first-order valence-electron chi connectivity index (χ1n) is 12.2. The molecule has 1 atom stereocenters. The second kappa shape index (κ2) is 8.70. The largest absolute Gasteiger partial charge is 0.376 e. The number of aromatic amines is 1. The van der Waals surface area contributed by atoms with Gasteiger partial charge in [0.05, 0.1) is 24.9 Å². The molecule has 6 rings (SSSR count). The Balaban J connectivity index is 1.40. The van der Waals surface area contributed by atoms with E-state index in [1.165, 1.54) is 22.4 Å². The molecule has 0 saturated carbocycles. The van der Waals surface area contributed by atoms with Gasteiger partial charge in [0.2, 0.25) is 5.95 Å². The fraction of sp³-hybridized carbons (Fsp3) is 0.560. The van der Waals surface area contributed by atoms with Crippen molar-refractivity contribution in [3.8, 4) is 11.5 Å². The van der Waals surface area contributed by atoms with Gasteiger partial charge in [0.25, 0.3) is 0 Å². The van der Waals surface area contributed by atoms with Crippen molar-refractivity contribution in [1.29, 1.82) is 0 Å². The normalized spacial score (nSPS) is 21.5. The molecule has 3 aromatic rings. The van der Waals surface area contributed by atoms with Crippen molar-refractivity contribution in [1.82, 2.24) is 25.0 Å². The Morgan fingerprint density at radius 2 is 2.12 bits per heavy atom. The number of hydrogen-bond donors (Lipinski definition) is 1. The van der Waals surface area contributed by atoms with Crippen molar-refractivity contribution in [2.24, 2.45) is 0 Å². The van der Waals surface area contributed by atoms with Gasteiger partial charge in [-0.25, -0.2) is 0 Å². The molecule has 5 heterocycles. The highest BCUT2D eigenvalue weighted by atomic mass is 32.2. The highest BCUT2D eigenvalue weighted by Gasteiger charge is 2.37. The smallest absolute Gasteiger partial charge is 0.227 e. The number of hydrogen-bond acceptors (Lipinski definition) is 7. The molecule has 3 aliphatic rings. The molecule has 8 nitrogen and oxygen atoms in total. The zero-order valence-electron chi connectivity index (χ0n) is 20.1. The van der Waals surface area contributed by atoms with E-state index in [0.29, 0.717) is 6.61 Å². The molecule has 1 saturated heterocycles. The van der Waals surface area contributed by atoms with Crippen LogP contribution in [0.4, 0.5) is 5.95 Å². The molecule has 1 fully saturated rings. The fourth-order valence-corrected chi connectivity index (χ4v) is 6.11. The number of benzene rings is 1. The molecule has 9 heteroatoms. The van der Waals surface area contributed by atoms with E-state index in [0.717, 1.165) is 74.2 Å². The van der Waals surface area contributed by atoms with Gasteiger partial charge in [-0.2, -0.15) is 5.10 Å². The predicted octanol–water partition coefficient (Wildman–Crippen LogP) is 4.29. The third kappa shape index (κ3) is 3.74. The number of thioether (sulfide) groups is 1. The van der Waals surface area contributed by atoms with E-state index in [4.69, 9.17) is 19.7 Å². The van der Waals surface area contributed by atoms with Gasteiger partial charge < -0.3 is 14.4 Å². The molecule has 1 unspecified atom stereocenters. The summed E-state index contributed by atoms with van der Waals surface area (Å²) in [6, 6.07) is 6.64. The first-order valence-corrected chi connectivity index (χ1v) is 13.4. The molecule has 0 bridgehead atoms. The highest BCUT2D eigenvalue weighted by molar-refractivity contribution is 7.98. The van der Waals surface area contributed by atoms with E-state index in [9.17, 15) is 0 Å². The molecule has 180 valence electrons. The first kappa shape index (κ1) is 22.1. The lowest BCUT2D eigenvalue weighted by molar-refractivity contribution is -0.0111. The van der Waals surface area contributed by atoms with Gasteiger partial charge in [0, 0.05) is 30.2 Å². The molecule has 0 radical (unpaired) electrons. The molecular formula is C25H32N6O2S. The zero-order chi connectivity index (χ0) is 23.3. The van der Waals surface area contributed by atoms with Gasteiger partial charge in [-0.15, -0.1) is 22.0 Å². The maximum atomic E-state index is 6.13. The van der Waals surface area contributed by atoms with Crippen LogP contribution in [0.1, 0.15) is 55.5 Å². The summed E-state index contributed by atoms with van der Waals surface area (Å²) in [4.78, 5) is 3.71. The Hall–Kier alpha value is -2.36. The third-order valence-electron chi connectivity index (χ3n) is 7.38. The summed E-state index contributed by atoms with van der Waals surface area (Å²) in [6.07, 6.45) is 6.72. The van der Waals surface area contributed by atoms with Crippen LogP contribution in [-0.4, -0.2) is 50.5 Å². The van der Waals surface area contributed by atoms with E-state index < -0.39 is 0 Å². The van der Waals surface area contributed by atoms with E-state index in [-0.39, 0.29) is 11.7 Å². The van der Waals surface area contributed by atoms with Gasteiger partial charge in [-0.3, -0.25) is 9.67 Å². The Kier molecular flexibility index (Phi) is 5.66. The molecular weight excluding hydrogens is 448 g/mol. The van der Waals surface area contributed by atoms with Crippen LogP contribution < -0.4 is 4.90 Å². The van der Waals surface area contributed by atoms with Crippen LogP contribution in [0.5, 0.6) is 0 Å². The van der Waals surface area contributed by atoms with Gasteiger partial charge in [-0.05, 0) is 63.0 Å². The van der Waals surface area contributed by atoms with E-state index in [2.05, 4.69) is 58.0 Å². The topological polar surface area (TPSA) is 81.1 Å². The van der Waals surface area contributed by atoms with Crippen molar-refractivity contribution in [2.75, 3.05) is 24.3 Å². The van der Waals surface area contributed by atoms with Crippen LogP contribution in [0.25, 0.3) is 11.5 Å². The average Bonchev–Trinajstić information content (AvgIpc) is 3.54. The number of nitrogens with one attached hydrogen (secondary N) is 1. The fourth-order valence-electron chi connectivity index (χ4n) is 5.45. The summed E-state index contributed by atoms with van der Waals surface area (Å²) >= 11 is 1.81. The van der Waals surface area contributed by atoms with Crippen molar-refractivity contribution >= 4 is 17.7 Å². The maximum absolute atomic E-state index is 6.13. The first-order chi connectivity index (χ1) is 16.5. The molecule has 1 aromatic carbocycles. The van der Waals surface area contributed by atoms with Gasteiger partial charge in [-0.1, -0.05) is 12.1 Å². The summed E-state index contributed by atoms with van der Waals surface area (Å²) in [7, 11) is 0. The summed E-state index contributed by atoms with van der Waals surface area (Å²) in [5.74, 6) is 1.70. The summed E-state index contributed by atoms with van der Waals surface area (Å²) in [5, 5.41) is 17.3. The molecule has 1 N–H and O–H groups in total. The van der Waals surface area contributed by atoms with E-state index >= 15 is 0 Å². The minimum absolute atomic E-state index is 0.167. The highest BCUT2D eigenvalue weighted by Crippen LogP contribution is 2.40. The molecule has 0 aliphatic carbocycles. The SMILES string of the molecule is CSc1cccc2c1CN(c1nnc(-c3n[nH]c4c3COC4(C)C)n1CC1CCCCO1)CC2. The Bertz CT molecular complexity index is 1180. The second-order valence-corrected chi connectivity index (χ2v) is 10.8. The lowest BCUT2D eigenvalue weighted by atomic mass is 10.00. The monoisotopic (exact) mass is 480 g/mol. The average molecular weight is 481 g/mol. The van der Waals surface area contributed by atoms with Crippen LogP contribution in [0.15, 0.2) is 23.1 Å².